The van der Waals surface area contributed by atoms with Crippen molar-refractivity contribution < 1.29 is 9.18 Å². The zero-order chi connectivity index (χ0) is 25.2. The van der Waals surface area contributed by atoms with Gasteiger partial charge in [0, 0.05) is 55.8 Å². The van der Waals surface area contributed by atoms with Crippen LogP contribution in [0.25, 0.3) is 0 Å². The molecule has 8 heteroatoms. The van der Waals surface area contributed by atoms with Gasteiger partial charge in [0.05, 0.1) is 5.69 Å². The standard InChI is InChI=1S/C28H40FN5O.ClH/c1-6-14-28(34-17-15-30-16-18-34,33(5)25(35)21-10-12-22(29)13-11-21)24-19-23(20-8-7-9-20)31-26(32-24)27(2,3)4;/h10-13,19-20,30H,6-9,14-18H2,1-5H3;1H. The van der Waals surface area contributed by atoms with Gasteiger partial charge in [-0.25, -0.2) is 14.4 Å². The van der Waals surface area contributed by atoms with Crippen LogP contribution in [0.1, 0.15) is 93.3 Å². The van der Waals surface area contributed by atoms with Crippen molar-refractivity contribution in [3.8, 4) is 0 Å². The van der Waals surface area contributed by atoms with Crippen LogP contribution >= 0.6 is 12.4 Å². The minimum absolute atomic E-state index is 0. The summed E-state index contributed by atoms with van der Waals surface area (Å²) in [5.74, 6) is 0.813. The number of carbonyl (C=O) groups is 1. The molecule has 198 valence electrons. The van der Waals surface area contributed by atoms with Crippen molar-refractivity contribution in [3.05, 3.63) is 58.9 Å². The molecule has 1 unspecified atom stereocenters. The Morgan fingerprint density at radius 3 is 2.31 bits per heavy atom. The third-order valence-electron chi connectivity index (χ3n) is 7.54. The molecule has 1 N–H and O–H groups in total. The lowest BCUT2D eigenvalue weighted by Gasteiger charge is -2.51. The van der Waals surface area contributed by atoms with Gasteiger partial charge in [0.2, 0.25) is 0 Å². The van der Waals surface area contributed by atoms with E-state index in [9.17, 15) is 9.18 Å². The van der Waals surface area contributed by atoms with Gasteiger partial charge in [-0.1, -0.05) is 40.5 Å². The molecule has 2 aliphatic rings. The van der Waals surface area contributed by atoms with E-state index in [-0.39, 0.29) is 29.5 Å². The fraction of sp³-hybridized carbons (Fsp3) is 0.607. The first-order chi connectivity index (χ1) is 16.7. The van der Waals surface area contributed by atoms with Crippen LogP contribution in [-0.2, 0) is 11.1 Å². The maximum atomic E-state index is 13.9. The highest BCUT2D eigenvalue weighted by molar-refractivity contribution is 5.94. The van der Waals surface area contributed by atoms with Crippen LogP contribution in [0.3, 0.4) is 0 Å². The molecule has 4 rings (SSSR count). The van der Waals surface area contributed by atoms with Crippen molar-refractivity contribution in [2.45, 2.75) is 76.8 Å². The minimum atomic E-state index is -0.718. The predicted octanol–water partition coefficient (Wildman–Crippen LogP) is 5.23. The Kier molecular flexibility index (Phi) is 9.12. The maximum absolute atomic E-state index is 13.9. The molecule has 36 heavy (non-hydrogen) atoms. The molecule has 1 saturated heterocycles. The Balaban J connectivity index is 0.00000361. The number of piperazine rings is 1. The van der Waals surface area contributed by atoms with Gasteiger partial charge in [0.15, 0.2) is 0 Å². The molecule has 6 nitrogen and oxygen atoms in total. The number of hydrogen-bond acceptors (Lipinski definition) is 5. The Morgan fingerprint density at radius 2 is 1.78 bits per heavy atom. The molecule has 2 fully saturated rings. The Labute approximate surface area is 221 Å². The number of amides is 1. The first kappa shape index (κ1) is 28.5. The average Bonchev–Trinajstić information content (AvgIpc) is 2.81. The molecule has 2 aromatic rings. The van der Waals surface area contributed by atoms with E-state index in [2.05, 4.69) is 44.0 Å². The fourth-order valence-corrected chi connectivity index (χ4v) is 5.26. The van der Waals surface area contributed by atoms with E-state index in [0.29, 0.717) is 11.5 Å². The highest BCUT2D eigenvalue weighted by Gasteiger charge is 2.46. The number of rotatable bonds is 7. The van der Waals surface area contributed by atoms with Gasteiger partial charge in [-0.15, -0.1) is 12.4 Å². The van der Waals surface area contributed by atoms with E-state index < -0.39 is 5.66 Å². The third-order valence-corrected chi connectivity index (χ3v) is 7.54. The summed E-state index contributed by atoms with van der Waals surface area (Å²) in [5.41, 5.74) is 1.55. The second-order valence-electron chi connectivity index (χ2n) is 11.1. The molecule has 1 aliphatic heterocycles. The summed E-state index contributed by atoms with van der Waals surface area (Å²) < 4.78 is 13.6. The van der Waals surface area contributed by atoms with Gasteiger partial charge >= 0.3 is 0 Å². The number of nitrogens with zero attached hydrogens (tertiary/aromatic N) is 4. The van der Waals surface area contributed by atoms with E-state index in [0.717, 1.165) is 69.1 Å². The predicted molar refractivity (Wildman–Crippen MR) is 144 cm³/mol. The number of benzene rings is 1. The summed E-state index contributed by atoms with van der Waals surface area (Å²) in [6, 6.07) is 8.02. The molecule has 0 bridgehead atoms. The number of nitrogens with one attached hydrogen (secondary N) is 1. The van der Waals surface area contributed by atoms with Crippen LogP contribution in [0.2, 0.25) is 0 Å². The van der Waals surface area contributed by atoms with Crippen molar-refractivity contribution in [3.63, 3.8) is 0 Å². The van der Waals surface area contributed by atoms with E-state index >= 15 is 0 Å². The summed E-state index contributed by atoms with van der Waals surface area (Å²) in [6.45, 7) is 12.0. The number of hydrogen-bond donors (Lipinski definition) is 1. The lowest BCUT2D eigenvalue weighted by Crippen LogP contribution is -2.63. The molecule has 1 saturated carbocycles. The number of aromatic nitrogens is 2. The topological polar surface area (TPSA) is 61.4 Å². The number of carbonyl (C=O) groups excluding carboxylic acids is 1. The Morgan fingerprint density at radius 1 is 1.14 bits per heavy atom. The lowest BCUT2D eigenvalue weighted by molar-refractivity contribution is -0.0525. The van der Waals surface area contributed by atoms with Gasteiger partial charge in [-0.3, -0.25) is 9.69 Å². The average molecular weight is 518 g/mol. The van der Waals surface area contributed by atoms with Crippen molar-refractivity contribution in [1.29, 1.82) is 0 Å². The fourth-order valence-electron chi connectivity index (χ4n) is 5.26. The van der Waals surface area contributed by atoms with Gasteiger partial charge < -0.3 is 10.2 Å². The van der Waals surface area contributed by atoms with Crippen molar-refractivity contribution in [2.75, 3.05) is 33.2 Å². The van der Waals surface area contributed by atoms with E-state index in [1.54, 1.807) is 12.1 Å². The summed E-state index contributed by atoms with van der Waals surface area (Å²) in [7, 11) is 1.88. The van der Waals surface area contributed by atoms with Crippen molar-refractivity contribution in [1.82, 2.24) is 25.1 Å². The second kappa shape index (κ2) is 11.5. The van der Waals surface area contributed by atoms with Crippen LogP contribution < -0.4 is 5.32 Å². The Bertz CT molecular complexity index is 1030. The van der Waals surface area contributed by atoms with Crippen LogP contribution in [0.15, 0.2) is 30.3 Å². The zero-order valence-corrected chi connectivity index (χ0v) is 23.1. The van der Waals surface area contributed by atoms with Crippen LogP contribution in [-0.4, -0.2) is 58.9 Å². The van der Waals surface area contributed by atoms with E-state index in [1.165, 1.54) is 18.6 Å². The van der Waals surface area contributed by atoms with Gasteiger partial charge in [-0.05, 0) is 49.6 Å². The van der Waals surface area contributed by atoms with Crippen molar-refractivity contribution >= 4 is 18.3 Å². The summed E-state index contributed by atoms with van der Waals surface area (Å²) in [5, 5.41) is 3.45. The molecule has 1 aromatic heterocycles. The van der Waals surface area contributed by atoms with E-state index in [1.807, 2.05) is 11.9 Å². The van der Waals surface area contributed by atoms with Crippen LogP contribution in [0.4, 0.5) is 4.39 Å². The monoisotopic (exact) mass is 517 g/mol. The maximum Gasteiger partial charge on any atom is 0.255 e. The molecule has 0 radical (unpaired) electrons. The summed E-state index contributed by atoms with van der Waals surface area (Å²) >= 11 is 0. The normalized spacial score (nSPS) is 18.6. The first-order valence-electron chi connectivity index (χ1n) is 13.1. The zero-order valence-electron chi connectivity index (χ0n) is 22.3. The Hall–Kier alpha value is -2.09. The van der Waals surface area contributed by atoms with E-state index in [4.69, 9.17) is 9.97 Å². The van der Waals surface area contributed by atoms with Gasteiger partial charge in [0.25, 0.3) is 5.91 Å². The number of halogens is 2. The minimum Gasteiger partial charge on any atom is -0.318 e. The largest absolute Gasteiger partial charge is 0.318 e. The molecule has 1 atom stereocenters. The molecular weight excluding hydrogens is 477 g/mol. The van der Waals surface area contributed by atoms with Gasteiger partial charge in [-0.2, -0.15) is 0 Å². The second-order valence-corrected chi connectivity index (χ2v) is 11.1. The molecular formula is C28H41ClFN5O. The highest BCUT2D eigenvalue weighted by atomic mass is 35.5. The third kappa shape index (κ3) is 5.58. The molecule has 1 amide bonds. The molecule has 2 heterocycles. The highest BCUT2D eigenvalue weighted by Crippen LogP contribution is 2.41. The van der Waals surface area contributed by atoms with Crippen LogP contribution in [0.5, 0.6) is 0 Å². The van der Waals surface area contributed by atoms with Crippen molar-refractivity contribution in [2.24, 2.45) is 0 Å². The summed E-state index contributed by atoms with van der Waals surface area (Å²) in [4.78, 5) is 28.4. The first-order valence-corrected chi connectivity index (χ1v) is 13.1. The quantitative estimate of drug-likeness (QED) is 0.544. The molecule has 0 spiro atoms. The van der Waals surface area contributed by atoms with Gasteiger partial charge in [0.1, 0.15) is 17.3 Å². The SMILES string of the molecule is CCCC(c1cc(C2CCC2)nc(C(C)(C)C)n1)(N1CCNCC1)N(C)C(=O)c1ccc(F)cc1.Cl. The molecule has 1 aromatic carbocycles. The van der Waals surface area contributed by atoms with Crippen LogP contribution in [0, 0.1) is 5.82 Å². The smallest absolute Gasteiger partial charge is 0.255 e. The lowest BCUT2D eigenvalue weighted by atomic mass is 9.81. The molecule has 1 aliphatic carbocycles. The summed E-state index contributed by atoms with van der Waals surface area (Å²) in [6.07, 6.45) is 5.17.